The van der Waals surface area contributed by atoms with Crippen molar-refractivity contribution in [2.24, 2.45) is 0 Å². The third kappa shape index (κ3) is 4.14. The van der Waals surface area contributed by atoms with E-state index >= 15 is 0 Å². The zero-order valence-electron chi connectivity index (χ0n) is 10.7. The first-order valence-corrected chi connectivity index (χ1v) is 6.95. The Morgan fingerprint density at radius 2 is 1.90 bits per heavy atom. The number of sulfonamides is 1. The van der Waals surface area contributed by atoms with Crippen molar-refractivity contribution >= 4 is 16.0 Å². The lowest BCUT2D eigenvalue weighted by Gasteiger charge is -2.17. The molecule has 0 saturated heterocycles. The summed E-state index contributed by atoms with van der Waals surface area (Å²) in [5, 5.41) is 8.46. The van der Waals surface area contributed by atoms with Crippen molar-refractivity contribution in [3.8, 4) is 0 Å². The highest BCUT2D eigenvalue weighted by atomic mass is 32.2. The van der Waals surface area contributed by atoms with Gasteiger partial charge in [-0.15, -0.1) is 0 Å². The number of hydrogen-bond donors (Lipinski definition) is 1. The molecule has 0 atom stereocenters. The highest BCUT2D eigenvalue weighted by Gasteiger charge is 2.33. The number of alkyl halides is 3. The second-order valence-corrected chi connectivity index (χ2v) is 6.13. The van der Waals surface area contributed by atoms with Crippen LogP contribution in [0.15, 0.2) is 23.1 Å². The molecule has 10 heteroatoms. The van der Waals surface area contributed by atoms with Crippen LogP contribution in [-0.4, -0.2) is 37.4 Å². The van der Waals surface area contributed by atoms with E-state index in [0.717, 1.165) is 7.05 Å². The molecule has 118 valence electrons. The van der Waals surface area contributed by atoms with Gasteiger partial charge >= 0.3 is 12.1 Å². The molecule has 0 radical (unpaired) electrons. The quantitative estimate of drug-likeness (QED) is 0.838. The molecule has 0 bridgehead atoms. The number of carbonyl (C=O) groups is 1. The fourth-order valence-electron chi connectivity index (χ4n) is 1.43. The summed E-state index contributed by atoms with van der Waals surface area (Å²) in [6, 6.07) is 1.03. The summed E-state index contributed by atoms with van der Waals surface area (Å²) >= 11 is 0. The zero-order valence-corrected chi connectivity index (χ0v) is 11.5. The molecule has 0 saturated carbocycles. The number of benzene rings is 1. The molecule has 0 amide bonds. The van der Waals surface area contributed by atoms with Gasteiger partial charge in [0, 0.05) is 13.6 Å². The topological polar surface area (TPSA) is 74.7 Å². The molecule has 0 heterocycles. The van der Waals surface area contributed by atoms with Gasteiger partial charge in [-0.05, 0) is 18.2 Å². The maximum Gasteiger partial charge on any atom is 0.416 e. The molecule has 0 aliphatic rings. The van der Waals surface area contributed by atoms with Crippen molar-refractivity contribution in [3.05, 3.63) is 29.6 Å². The lowest BCUT2D eigenvalue weighted by molar-refractivity contribution is -0.138. The molecule has 0 spiro atoms. The van der Waals surface area contributed by atoms with Gasteiger partial charge in [-0.25, -0.2) is 17.1 Å². The third-order valence-corrected chi connectivity index (χ3v) is 4.48. The van der Waals surface area contributed by atoms with Gasteiger partial charge < -0.3 is 5.11 Å². The van der Waals surface area contributed by atoms with E-state index in [2.05, 4.69) is 0 Å². The van der Waals surface area contributed by atoms with Crippen LogP contribution >= 0.6 is 0 Å². The van der Waals surface area contributed by atoms with Crippen molar-refractivity contribution in [1.82, 2.24) is 4.31 Å². The molecule has 0 fully saturated rings. The Labute approximate surface area is 117 Å². The molecule has 1 aromatic rings. The SMILES string of the molecule is CN(CCC(=O)O)S(=O)(=O)c1ccc(C(F)(F)F)cc1F. The van der Waals surface area contributed by atoms with Gasteiger partial charge in [0.1, 0.15) is 10.7 Å². The Bertz CT molecular complexity index is 642. The lowest BCUT2D eigenvalue weighted by atomic mass is 10.2. The van der Waals surface area contributed by atoms with Crippen LogP contribution in [0.1, 0.15) is 12.0 Å². The van der Waals surface area contributed by atoms with Crippen LogP contribution in [0.5, 0.6) is 0 Å². The third-order valence-electron chi connectivity index (χ3n) is 2.59. The minimum Gasteiger partial charge on any atom is -0.481 e. The Morgan fingerprint density at radius 3 is 2.33 bits per heavy atom. The van der Waals surface area contributed by atoms with Gasteiger partial charge in [-0.1, -0.05) is 0 Å². The molecule has 0 aliphatic heterocycles. The summed E-state index contributed by atoms with van der Waals surface area (Å²) < 4.78 is 75.2. The second kappa shape index (κ2) is 5.98. The summed E-state index contributed by atoms with van der Waals surface area (Å²) in [5.74, 6) is -2.81. The largest absolute Gasteiger partial charge is 0.481 e. The fourth-order valence-corrected chi connectivity index (χ4v) is 2.64. The van der Waals surface area contributed by atoms with Crippen LogP contribution in [0.2, 0.25) is 0 Å². The fraction of sp³-hybridized carbons (Fsp3) is 0.364. The Morgan fingerprint density at radius 1 is 1.33 bits per heavy atom. The molecule has 1 N–H and O–H groups in total. The van der Waals surface area contributed by atoms with Crippen LogP contribution in [0.3, 0.4) is 0 Å². The van der Waals surface area contributed by atoms with Crippen LogP contribution < -0.4 is 0 Å². The average Bonchev–Trinajstić information content (AvgIpc) is 2.34. The van der Waals surface area contributed by atoms with Crippen LogP contribution in [0.25, 0.3) is 0 Å². The first-order valence-electron chi connectivity index (χ1n) is 5.51. The van der Waals surface area contributed by atoms with Gasteiger partial charge in [0.05, 0.1) is 12.0 Å². The van der Waals surface area contributed by atoms with Crippen molar-refractivity contribution in [2.45, 2.75) is 17.5 Å². The minimum atomic E-state index is -4.79. The number of nitrogens with zero attached hydrogens (tertiary/aromatic N) is 1. The molecular formula is C11H11F4NO4S. The van der Waals surface area contributed by atoms with E-state index in [0.29, 0.717) is 16.4 Å². The van der Waals surface area contributed by atoms with Crippen LogP contribution in [0.4, 0.5) is 17.6 Å². The van der Waals surface area contributed by atoms with E-state index in [9.17, 15) is 30.8 Å². The molecule has 5 nitrogen and oxygen atoms in total. The van der Waals surface area contributed by atoms with E-state index in [4.69, 9.17) is 5.11 Å². The van der Waals surface area contributed by atoms with E-state index in [1.165, 1.54) is 0 Å². The highest BCUT2D eigenvalue weighted by molar-refractivity contribution is 7.89. The molecule has 0 aromatic heterocycles. The monoisotopic (exact) mass is 329 g/mol. The summed E-state index contributed by atoms with van der Waals surface area (Å²) in [4.78, 5) is 9.43. The summed E-state index contributed by atoms with van der Waals surface area (Å²) in [6.45, 7) is -0.432. The number of rotatable bonds is 5. The number of carboxylic acid groups (broad SMARTS) is 1. The van der Waals surface area contributed by atoms with E-state index in [1.807, 2.05) is 0 Å². The van der Waals surface area contributed by atoms with Gasteiger partial charge in [0.15, 0.2) is 0 Å². The molecule has 0 unspecified atom stereocenters. The van der Waals surface area contributed by atoms with Crippen LogP contribution in [0, 0.1) is 5.82 Å². The summed E-state index contributed by atoms with van der Waals surface area (Å²) in [5.41, 5.74) is -1.31. The highest BCUT2D eigenvalue weighted by Crippen LogP contribution is 2.31. The maximum absolute atomic E-state index is 13.6. The number of halogens is 4. The van der Waals surface area contributed by atoms with Gasteiger partial charge in [-0.2, -0.15) is 13.2 Å². The van der Waals surface area contributed by atoms with Crippen molar-refractivity contribution in [3.63, 3.8) is 0 Å². The summed E-state index contributed by atoms with van der Waals surface area (Å²) in [6.07, 6.45) is -5.31. The summed E-state index contributed by atoms with van der Waals surface area (Å²) in [7, 11) is -3.39. The number of hydrogen-bond acceptors (Lipinski definition) is 3. The Balaban J connectivity index is 3.12. The average molecular weight is 329 g/mol. The van der Waals surface area contributed by atoms with E-state index < -0.39 is 51.4 Å². The van der Waals surface area contributed by atoms with Crippen molar-refractivity contribution < 1.29 is 35.9 Å². The van der Waals surface area contributed by atoms with Crippen molar-refractivity contribution in [2.75, 3.05) is 13.6 Å². The molecule has 21 heavy (non-hydrogen) atoms. The first-order chi connectivity index (χ1) is 9.46. The van der Waals surface area contributed by atoms with Crippen LogP contribution in [-0.2, 0) is 21.0 Å². The van der Waals surface area contributed by atoms with Gasteiger partial charge in [-0.3, -0.25) is 4.79 Å². The molecule has 0 aliphatic carbocycles. The normalized spacial score (nSPS) is 12.7. The smallest absolute Gasteiger partial charge is 0.416 e. The number of aliphatic carboxylic acids is 1. The first kappa shape index (κ1) is 17.4. The van der Waals surface area contributed by atoms with E-state index in [-0.39, 0.29) is 6.07 Å². The van der Waals surface area contributed by atoms with Gasteiger partial charge in [0.25, 0.3) is 0 Å². The maximum atomic E-state index is 13.6. The lowest BCUT2D eigenvalue weighted by Crippen LogP contribution is -2.30. The zero-order chi connectivity index (χ0) is 16.4. The molecule has 1 rings (SSSR count). The molecule has 1 aromatic carbocycles. The Kier molecular flexibility index (Phi) is 4.95. The van der Waals surface area contributed by atoms with E-state index in [1.54, 1.807) is 0 Å². The minimum absolute atomic E-state index is 0.0813. The van der Waals surface area contributed by atoms with Gasteiger partial charge in [0.2, 0.25) is 10.0 Å². The molecular weight excluding hydrogens is 318 g/mol. The predicted molar refractivity (Wildman–Crippen MR) is 63.5 cm³/mol. The standard InChI is InChI=1S/C11H11F4NO4S/c1-16(5-4-10(17)18)21(19,20)9-3-2-7(6-8(9)12)11(13,14)15/h2-3,6H,4-5H2,1H3,(H,17,18). The Hall–Kier alpha value is -1.68. The predicted octanol–water partition coefficient (Wildman–Crippen LogP) is 1.94. The van der Waals surface area contributed by atoms with Crippen molar-refractivity contribution in [1.29, 1.82) is 0 Å². The second-order valence-electron chi connectivity index (χ2n) is 4.11. The number of carboxylic acids is 1.